The van der Waals surface area contributed by atoms with Crippen LogP contribution in [-0.4, -0.2) is 18.1 Å². The predicted octanol–water partition coefficient (Wildman–Crippen LogP) is 2.68. The highest BCUT2D eigenvalue weighted by atomic mass is 32.1. The molecule has 1 N–H and O–H groups in total. The number of hydrogen-bond donors (Lipinski definition) is 1. The number of para-hydroxylation sites is 1. The minimum Gasteiger partial charge on any atom is -0.316 e. The van der Waals surface area contributed by atoms with Crippen LogP contribution in [0.1, 0.15) is 22.9 Å². The van der Waals surface area contributed by atoms with Crippen molar-refractivity contribution in [3.8, 4) is 0 Å². The van der Waals surface area contributed by atoms with E-state index in [-0.39, 0.29) is 0 Å². The lowest BCUT2D eigenvalue weighted by Crippen LogP contribution is -2.07. The highest BCUT2D eigenvalue weighted by molar-refractivity contribution is 7.18. The summed E-state index contributed by atoms with van der Waals surface area (Å²) in [4.78, 5) is 4.77. The summed E-state index contributed by atoms with van der Waals surface area (Å²) in [6, 6.07) is 6.43. The van der Waals surface area contributed by atoms with Crippen LogP contribution in [-0.2, 0) is 0 Å². The van der Waals surface area contributed by atoms with Crippen LogP contribution in [0.3, 0.4) is 0 Å². The Balaban J connectivity index is 2.09. The first-order valence-electron chi connectivity index (χ1n) is 5.41. The molecule has 1 aromatic heterocycles. The summed E-state index contributed by atoms with van der Waals surface area (Å²) in [7, 11) is 0. The third-order valence-electron chi connectivity index (χ3n) is 3.05. The van der Waals surface area contributed by atoms with Crippen LogP contribution < -0.4 is 5.32 Å². The Labute approximate surface area is 93.3 Å². The number of aryl methyl sites for hydroxylation is 1. The van der Waals surface area contributed by atoms with Crippen molar-refractivity contribution in [2.75, 3.05) is 13.1 Å². The Morgan fingerprint density at radius 1 is 1.47 bits per heavy atom. The summed E-state index contributed by atoms with van der Waals surface area (Å²) in [6.45, 7) is 4.37. The molecule has 1 saturated heterocycles. The van der Waals surface area contributed by atoms with E-state index in [9.17, 15) is 0 Å². The molecule has 2 heterocycles. The van der Waals surface area contributed by atoms with Crippen molar-refractivity contribution in [2.24, 2.45) is 0 Å². The second kappa shape index (κ2) is 3.58. The van der Waals surface area contributed by atoms with Gasteiger partial charge in [0.15, 0.2) is 0 Å². The van der Waals surface area contributed by atoms with Crippen molar-refractivity contribution in [2.45, 2.75) is 19.3 Å². The molecule has 2 aromatic rings. The molecule has 0 saturated carbocycles. The van der Waals surface area contributed by atoms with Gasteiger partial charge >= 0.3 is 0 Å². The highest BCUT2D eigenvalue weighted by Crippen LogP contribution is 2.31. The average molecular weight is 218 g/mol. The normalized spacial score (nSPS) is 21.3. The average Bonchev–Trinajstić information content (AvgIpc) is 2.86. The monoisotopic (exact) mass is 218 g/mol. The third kappa shape index (κ3) is 1.56. The zero-order valence-electron chi connectivity index (χ0n) is 8.79. The number of nitrogens with zero attached hydrogens (tertiary/aromatic N) is 1. The van der Waals surface area contributed by atoms with Gasteiger partial charge in [-0.05, 0) is 31.5 Å². The van der Waals surface area contributed by atoms with Crippen molar-refractivity contribution in [3.05, 3.63) is 28.8 Å². The van der Waals surface area contributed by atoms with Crippen LogP contribution in [0.2, 0.25) is 0 Å². The number of aromatic nitrogens is 1. The largest absolute Gasteiger partial charge is 0.316 e. The molecule has 0 amide bonds. The number of nitrogens with one attached hydrogen (secondary N) is 1. The molecule has 15 heavy (non-hydrogen) atoms. The van der Waals surface area contributed by atoms with E-state index in [2.05, 4.69) is 30.4 Å². The minimum atomic E-state index is 0.641. The second-order valence-corrected chi connectivity index (χ2v) is 5.23. The van der Waals surface area contributed by atoms with Crippen molar-refractivity contribution in [3.63, 3.8) is 0 Å². The topological polar surface area (TPSA) is 24.9 Å². The van der Waals surface area contributed by atoms with Crippen LogP contribution >= 0.6 is 11.3 Å². The molecular weight excluding hydrogens is 204 g/mol. The maximum Gasteiger partial charge on any atom is 0.0982 e. The molecule has 1 aromatic carbocycles. The Hall–Kier alpha value is -0.930. The van der Waals surface area contributed by atoms with Crippen LogP contribution in [0.5, 0.6) is 0 Å². The lowest BCUT2D eigenvalue weighted by atomic mass is 10.1. The summed E-state index contributed by atoms with van der Waals surface area (Å²) in [5.74, 6) is 0.641. The Kier molecular flexibility index (Phi) is 2.22. The van der Waals surface area contributed by atoms with Gasteiger partial charge in [-0.2, -0.15) is 0 Å². The predicted molar refractivity (Wildman–Crippen MR) is 64.6 cm³/mol. The molecule has 1 unspecified atom stereocenters. The molecule has 3 heteroatoms. The maximum absolute atomic E-state index is 4.77. The fourth-order valence-electron chi connectivity index (χ4n) is 2.14. The lowest BCUT2D eigenvalue weighted by molar-refractivity contribution is 0.758. The Bertz CT molecular complexity index is 483. The highest BCUT2D eigenvalue weighted by Gasteiger charge is 2.20. The van der Waals surface area contributed by atoms with Gasteiger partial charge in [0.1, 0.15) is 0 Å². The maximum atomic E-state index is 4.77. The molecule has 1 aliphatic rings. The lowest BCUT2D eigenvalue weighted by Gasteiger charge is -2.01. The molecular formula is C12H14N2S. The SMILES string of the molecule is Cc1cccc2sc(C3CCNC3)nc12. The molecule has 0 bridgehead atoms. The van der Waals surface area contributed by atoms with Gasteiger partial charge < -0.3 is 5.32 Å². The molecule has 0 aliphatic carbocycles. The van der Waals surface area contributed by atoms with Crippen molar-refractivity contribution >= 4 is 21.6 Å². The van der Waals surface area contributed by atoms with E-state index in [1.54, 1.807) is 0 Å². The third-order valence-corrected chi connectivity index (χ3v) is 4.23. The van der Waals surface area contributed by atoms with E-state index < -0.39 is 0 Å². The van der Waals surface area contributed by atoms with Gasteiger partial charge in [-0.15, -0.1) is 11.3 Å². The van der Waals surface area contributed by atoms with Gasteiger partial charge in [0.2, 0.25) is 0 Å². The van der Waals surface area contributed by atoms with E-state index >= 15 is 0 Å². The quantitative estimate of drug-likeness (QED) is 0.796. The summed E-state index contributed by atoms with van der Waals surface area (Å²) < 4.78 is 1.33. The number of rotatable bonds is 1. The summed E-state index contributed by atoms with van der Waals surface area (Å²) in [5.41, 5.74) is 2.49. The van der Waals surface area contributed by atoms with Gasteiger partial charge in [-0.3, -0.25) is 0 Å². The first-order valence-corrected chi connectivity index (χ1v) is 6.23. The molecule has 2 nitrogen and oxygen atoms in total. The fraction of sp³-hybridized carbons (Fsp3) is 0.417. The van der Waals surface area contributed by atoms with Gasteiger partial charge in [0.05, 0.1) is 15.2 Å². The van der Waals surface area contributed by atoms with Crippen molar-refractivity contribution in [1.82, 2.24) is 10.3 Å². The van der Waals surface area contributed by atoms with Gasteiger partial charge in [-0.1, -0.05) is 12.1 Å². The zero-order chi connectivity index (χ0) is 10.3. The molecule has 78 valence electrons. The fourth-order valence-corrected chi connectivity index (χ4v) is 3.32. The van der Waals surface area contributed by atoms with Crippen LogP contribution in [0.15, 0.2) is 18.2 Å². The number of hydrogen-bond acceptors (Lipinski definition) is 3. The van der Waals surface area contributed by atoms with Crippen LogP contribution in [0.25, 0.3) is 10.2 Å². The van der Waals surface area contributed by atoms with Crippen molar-refractivity contribution < 1.29 is 0 Å². The zero-order valence-corrected chi connectivity index (χ0v) is 9.60. The number of thiazole rings is 1. The van der Waals surface area contributed by atoms with Crippen LogP contribution in [0, 0.1) is 6.92 Å². The van der Waals surface area contributed by atoms with Crippen molar-refractivity contribution in [1.29, 1.82) is 0 Å². The molecule has 1 fully saturated rings. The van der Waals surface area contributed by atoms with Gasteiger partial charge in [0.25, 0.3) is 0 Å². The second-order valence-electron chi connectivity index (χ2n) is 4.16. The van der Waals surface area contributed by atoms with Gasteiger partial charge in [-0.25, -0.2) is 4.98 Å². The first kappa shape index (κ1) is 9.31. The molecule has 0 radical (unpaired) electrons. The molecule has 0 spiro atoms. The van der Waals surface area contributed by atoms with E-state index in [1.807, 2.05) is 11.3 Å². The minimum absolute atomic E-state index is 0.641. The molecule has 1 aliphatic heterocycles. The number of benzene rings is 1. The van der Waals surface area contributed by atoms with Crippen LogP contribution in [0.4, 0.5) is 0 Å². The van der Waals surface area contributed by atoms with E-state index in [0.29, 0.717) is 5.92 Å². The summed E-state index contributed by atoms with van der Waals surface area (Å²) in [5, 5.41) is 4.71. The first-order chi connectivity index (χ1) is 7.34. The van der Waals surface area contributed by atoms with E-state index in [1.165, 1.54) is 27.2 Å². The van der Waals surface area contributed by atoms with Gasteiger partial charge in [0, 0.05) is 12.5 Å². The number of fused-ring (bicyclic) bond motifs is 1. The molecule has 3 rings (SSSR count). The summed E-state index contributed by atoms with van der Waals surface area (Å²) in [6.07, 6.45) is 1.23. The van der Waals surface area contributed by atoms with E-state index in [4.69, 9.17) is 4.98 Å². The Morgan fingerprint density at radius 2 is 2.40 bits per heavy atom. The van der Waals surface area contributed by atoms with E-state index in [0.717, 1.165) is 13.1 Å². The smallest absolute Gasteiger partial charge is 0.0982 e. The Morgan fingerprint density at radius 3 is 3.13 bits per heavy atom. The molecule has 1 atom stereocenters. The summed E-state index contributed by atoms with van der Waals surface area (Å²) >= 11 is 1.86. The standard InChI is InChI=1S/C12H14N2S/c1-8-3-2-4-10-11(8)14-12(15-10)9-5-6-13-7-9/h2-4,9,13H,5-7H2,1H3.